The molecule has 0 saturated carbocycles. The standard InChI is InChI=1S/C43H39BN2O4/c1-24-10-35-41-36(11-24)46(30-8-9-37-38(15-30)48-22-47-37)34-17-40-39(49-23-50-40)16-32(34)44(41)31-13-27-20-43(4,5)21-28(27)14-33(31)45(35)29-7-6-25-18-42(2,3)19-26(25)12-29/h6-17H,18-23H2,1-5H3. The number of aryl methyl sites for hydroxylation is 1. The third kappa shape index (κ3) is 4.03. The first-order valence-corrected chi connectivity index (χ1v) is 17.9. The van der Waals surface area contributed by atoms with Crippen molar-refractivity contribution >= 4 is 57.2 Å². The molecule has 6 aliphatic rings. The fraction of sp³-hybridized carbons (Fsp3) is 0.302. The summed E-state index contributed by atoms with van der Waals surface area (Å²) in [5.74, 6) is 3.12. The lowest BCUT2D eigenvalue weighted by molar-refractivity contribution is 0.173. The lowest BCUT2D eigenvalue weighted by atomic mass is 9.33. The molecule has 0 bridgehead atoms. The van der Waals surface area contributed by atoms with E-state index in [1.807, 2.05) is 6.07 Å². The smallest absolute Gasteiger partial charge is 0.252 e. The lowest BCUT2D eigenvalue weighted by Crippen LogP contribution is -2.61. The summed E-state index contributed by atoms with van der Waals surface area (Å²) in [4.78, 5) is 4.97. The first kappa shape index (κ1) is 28.8. The van der Waals surface area contributed by atoms with Crippen molar-refractivity contribution in [2.24, 2.45) is 10.8 Å². The number of hydrogen-bond donors (Lipinski definition) is 0. The lowest BCUT2D eigenvalue weighted by Gasteiger charge is -2.44. The second kappa shape index (κ2) is 9.60. The van der Waals surface area contributed by atoms with Crippen LogP contribution >= 0.6 is 0 Å². The quantitative estimate of drug-likeness (QED) is 0.177. The molecule has 4 heterocycles. The number of benzene rings is 5. The topological polar surface area (TPSA) is 43.4 Å². The summed E-state index contributed by atoms with van der Waals surface area (Å²) in [6.45, 7) is 12.3. The van der Waals surface area contributed by atoms with Gasteiger partial charge in [0.2, 0.25) is 13.6 Å². The Kier molecular flexibility index (Phi) is 5.52. The molecule has 50 heavy (non-hydrogen) atoms. The van der Waals surface area contributed by atoms with Gasteiger partial charge in [0.05, 0.1) is 5.69 Å². The van der Waals surface area contributed by atoms with Crippen LogP contribution in [0.15, 0.2) is 72.8 Å². The Labute approximate surface area is 293 Å². The summed E-state index contributed by atoms with van der Waals surface area (Å²) in [5.41, 5.74) is 18.6. The number of anilines is 6. The minimum Gasteiger partial charge on any atom is -0.454 e. The molecule has 0 radical (unpaired) electrons. The minimum absolute atomic E-state index is 0.0176. The van der Waals surface area contributed by atoms with E-state index in [4.69, 9.17) is 18.9 Å². The van der Waals surface area contributed by atoms with Crippen molar-refractivity contribution < 1.29 is 18.9 Å². The Morgan fingerprint density at radius 3 is 1.74 bits per heavy atom. The van der Waals surface area contributed by atoms with Crippen LogP contribution in [0.3, 0.4) is 0 Å². The predicted octanol–water partition coefficient (Wildman–Crippen LogP) is 7.78. The van der Waals surface area contributed by atoms with Crippen LogP contribution in [-0.4, -0.2) is 20.3 Å². The highest BCUT2D eigenvalue weighted by atomic mass is 16.7. The molecule has 0 spiro atoms. The molecule has 5 aromatic carbocycles. The highest BCUT2D eigenvalue weighted by Crippen LogP contribution is 2.50. The molecule has 0 amide bonds. The van der Waals surface area contributed by atoms with Crippen LogP contribution in [-0.2, 0) is 25.7 Å². The Bertz CT molecular complexity index is 2350. The zero-order valence-electron chi connectivity index (χ0n) is 29.3. The van der Waals surface area contributed by atoms with Gasteiger partial charge in [-0.05, 0) is 136 Å². The summed E-state index contributed by atoms with van der Waals surface area (Å²) in [5, 5.41) is 0. The van der Waals surface area contributed by atoms with Crippen LogP contribution in [0.5, 0.6) is 23.0 Å². The van der Waals surface area contributed by atoms with Crippen LogP contribution < -0.4 is 45.1 Å². The van der Waals surface area contributed by atoms with Gasteiger partial charge in [-0.2, -0.15) is 0 Å². The summed E-state index contributed by atoms with van der Waals surface area (Å²) in [6, 6.07) is 27.7. The molecule has 0 saturated heterocycles. The highest BCUT2D eigenvalue weighted by Gasteiger charge is 2.46. The maximum absolute atomic E-state index is 6.07. The molecule has 0 aromatic heterocycles. The van der Waals surface area contributed by atoms with E-state index in [0.717, 1.165) is 60.1 Å². The molecule has 5 aromatic rings. The Hall–Kier alpha value is -5.04. The number of fused-ring (bicyclic) bond motifs is 8. The van der Waals surface area contributed by atoms with Gasteiger partial charge < -0.3 is 28.7 Å². The maximum Gasteiger partial charge on any atom is 0.252 e. The van der Waals surface area contributed by atoms with Gasteiger partial charge in [-0.15, -0.1) is 0 Å². The fourth-order valence-electron chi connectivity index (χ4n) is 9.84. The van der Waals surface area contributed by atoms with Crippen molar-refractivity contribution in [1.82, 2.24) is 0 Å². The van der Waals surface area contributed by atoms with Gasteiger partial charge in [-0.1, -0.05) is 39.8 Å². The van der Waals surface area contributed by atoms with Crippen molar-refractivity contribution in [3.05, 3.63) is 101 Å². The monoisotopic (exact) mass is 658 g/mol. The molecule has 2 aliphatic carbocycles. The first-order valence-electron chi connectivity index (χ1n) is 17.9. The number of ether oxygens (including phenoxy) is 4. The summed E-state index contributed by atoms with van der Waals surface area (Å²) in [6.07, 6.45) is 4.40. The summed E-state index contributed by atoms with van der Waals surface area (Å²) < 4.78 is 23.7. The van der Waals surface area contributed by atoms with Crippen LogP contribution in [0.1, 0.15) is 55.5 Å². The van der Waals surface area contributed by atoms with Gasteiger partial charge in [0.25, 0.3) is 6.71 Å². The molecule has 7 heteroatoms. The van der Waals surface area contributed by atoms with Crippen LogP contribution in [0.2, 0.25) is 0 Å². The Morgan fingerprint density at radius 1 is 0.500 bits per heavy atom. The predicted molar refractivity (Wildman–Crippen MR) is 200 cm³/mol. The first-order chi connectivity index (χ1) is 24.1. The second-order valence-corrected chi connectivity index (χ2v) is 16.8. The molecule has 6 nitrogen and oxygen atoms in total. The highest BCUT2D eigenvalue weighted by molar-refractivity contribution is 7.00. The molecular formula is C43H39BN2O4. The summed E-state index contributed by atoms with van der Waals surface area (Å²) >= 11 is 0. The third-order valence-corrected chi connectivity index (χ3v) is 11.8. The largest absolute Gasteiger partial charge is 0.454 e. The number of nitrogens with zero attached hydrogens (tertiary/aromatic N) is 2. The van der Waals surface area contributed by atoms with E-state index in [1.165, 1.54) is 67.0 Å². The van der Waals surface area contributed by atoms with Crippen LogP contribution in [0.4, 0.5) is 34.1 Å². The third-order valence-electron chi connectivity index (χ3n) is 11.8. The second-order valence-electron chi connectivity index (χ2n) is 16.8. The fourth-order valence-corrected chi connectivity index (χ4v) is 9.84. The average Bonchev–Trinajstić information content (AvgIpc) is 3.85. The van der Waals surface area contributed by atoms with E-state index < -0.39 is 0 Å². The number of rotatable bonds is 2. The molecule has 0 N–H and O–H groups in total. The molecule has 0 fully saturated rings. The van der Waals surface area contributed by atoms with Crippen molar-refractivity contribution in [2.75, 3.05) is 23.4 Å². The zero-order chi connectivity index (χ0) is 33.7. The molecule has 0 atom stereocenters. The molecular weight excluding hydrogens is 619 g/mol. The van der Waals surface area contributed by atoms with Crippen LogP contribution in [0.25, 0.3) is 0 Å². The van der Waals surface area contributed by atoms with E-state index in [9.17, 15) is 0 Å². The van der Waals surface area contributed by atoms with Gasteiger partial charge in [-0.25, -0.2) is 0 Å². The SMILES string of the molecule is Cc1cc2c3c(c1)N(c1ccc4c(c1)OCO4)c1cc4c(cc1B3c1cc3c(cc1N2c1ccc2c(c1)CC(C)(C)C2)CC(C)(C)C3)OCO4. The maximum atomic E-state index is 6.07. The molecule has 248 valence electrons. The van der Waals surface area contributed by atoms with Gasteiger partial charge >= 0.3 is 0 Å². The van der Waals surface area contributed by atoms with Crippen LogP contribution in [0, 0.1) is 17.8 Å². The Morgan fingerprint density at radius 2 is 1.02 bits per heavy atom. The molecule has 11 rings (SSSR count). The molecule has 0 unspecified atom stereocenters. The zero-order valence-corrected chi connectivity index (χ0v) is 29.3. The van der Waals surface area contributed by atoms with E-state index in [0.29, 0.717) is 0 Å². The van der Waals surface area contributed by atoms with Gasteiger partial charge in [-0.3, -0.25) is 0 Å². The van der Waals surface area contributed by atoms with Crippen molar-refractivity contribution in [3.63, 3.8) is 0 Å². The van der Waals surface area contributed by atoms with E-state index in [2.05, 4.69) is 111 Å². The van der Waals surface area contributed by atoms with E-state index in [-0.39, 0.29) is 31.1 Å². The van der Waals surface area contributed by atoms with Crippen molar-refractivity contribution in [1.29, 1.82) is 0 Å². The van der Waals surface area contributed by atoms with Gasteiger partial charge in [0, 0.05) is 40.6 Å². The van der Waals surface area contributed by atoms with Crippen molar-refractivity contribution in [3.8, 4) is 23.0 Å². The van der Waals surface area contributed by atoms with E-state index >= 15 is 0 Å². The van der Waals surface area contributed by atoms with Gasteiger partial charge in [0.15, 0.2) is 23.0 Å². The van der Waals surface area contributed by atoms with Gasteiger partial charge in [0.1, 0.15) is 0 Å². The van der Waals surface area contributed by atoms with Crippen molar-refractivity contribution in [2.45, 2.75) is 60.3 Å². The Balaban J connectivity index is 1.21. The number of hydrogen-bond acceptors (Lipinski definition) is 6. The minimum atomic E-state index is 0.0176. The average molecular weight is 659 g/mol. The normalized spacial score (nSPS) is 18.9. The molecule has 4 aliphatic heterocycles. The van der Waals surface area contributed by atoms with E-state index in [1.54, 1.807) is 0 Å². The summed E-state index contributed by atoms with van der Waals surface area (Å²) in [7, 11) is 0.